The average Bonchev–Trinajstić information content (AvgIpc) is 2.90. The lowest BCUT2D eigenvalue weighted by Gasteiger charge is -2.71. The van der Waals surface area contributed by atoms with Gasteiger partial charge in [0.15, 0.2) is 0 Å². The lowest BCUT2D eigenvalue weighted by molar-refractivity contribution is -0.254. The zero-order valence-corrected chi connectivity index (χ0v) is 32.6. The van der Waals surface area contributed by atoms with E-state index in [4.69, 9.17) is 0 Å². The Morgan fingerprint density at radius 2 is 1.21 bits per heavy atom. The number of rotatable bonds is 10. The van der Waals surface area contributed by atoms with Gasteiger partial charge in [-0.1, -0.05) is 157 Å². The third-order valence-corrected chi connectivity index (χ3v) is 14.4. The summed E-state index contributed by atoms with van der Waals surface area (Å²) in [7, 11) is 0. The molecule has 1 aromatic carbocycles. The van der Waals surface area contributed by atoms with E-state index in [2.05, 4.69) is 150 Å². The summed E-state index contributed by atoms with van der Waals surface area (Å²) in [6.07, 6.45) is 6.05. The lowest BCUT2D eigenvalue weighted by Crippen LogP contribution is -2.67. The Morgan fingerprint density at radius 1 is 0.721 bits per heavy atom. The van der Waals surface area contributed by atoms with Crippen LogP contribution in [0.5, 0.6) is 0 Å². The second kappa shape index (κ2) is 12.1. The molecule has 5 unspecified atom stereocenters. The molecule has 1 aromatic rings. The van der Waals surface area contributed by atoms with Crippen LogP contribution >= 0.6 is 0 Å². The van der Waals surface area contributed by atoms with E-state index in [9.17, 15) is 5.11 Å². The molecule has 249 valence electrons. The summed E-state index contributed by atoms with van der Waals surface area (Å²) in [5.74, 6) is 0.329. The fourth-order valence-electron chi connectivity index (χ4n) is 9.32. The van der Waals surface area contributed by atoms with Gasteiger partial charge in [-0.05, 0) is 98.2 Å². The van der Waals surface area contributed by atoms with E-state index in [-0.39, 0.29) is 55.2 Å². The molecule has 0 amide bonds. The highest BCUT2D eigenvalue weighted by atomic mass is 16.3. The summed E-state index contributed by atoms with van der Waals surface area (Å²) in [6.45, 7) is 46.0. The zero-order valence-electron chi connectivity index (χ0n) is 32.6. The maximum atomic E-state index is 13.1. The van der Waals surface area contributed by atoms with Crippen molar-refractivity contribution in [2.24, 2.45) is 38.4 Å². The molecule has 0 bridgehead atoms. The second-order valence-corrected chi connectivity index (χ2v) is 19.5. The van der Waals surface area contributed by atoms with Crippen LogP contribution in [0.4, 0.5) is 0 Å². The maximum absolute atomic E-state index is 13.1. The van der Waals surface area contributed by atoms with Crippen molar-refractivity contribution in [2.45, 2.75) is 193 Å². The van der Waals surface area contributed by atoms with Gasteiger partial charge in [-0.15, -0.1) is 0 Å². The Balaban J connectivity index is 3.06. The van der Waals surface area contributed by atoms with Crippen LogP contribution in [-0.2, 0) is 10.8 Å². The molecule has 2 rings (SSSR count). The first-order valence-electron chi connectivity index (χ1n) is 17.9. The molecule has 1 aliphatic rings. The molecule has 5 atom stereocenters. The summed E-state index contributed by atoms with van der Waals surface area (Å²) in [5, 5.41) is 13.1. The van der Waals surface area contributed by atoms with Gasteiger partial charge in [0.1, 0.15) is 0 Å². The van der Waals surface area contributed by atoms with E-state index in [0.29, 0.717) is 0 Å². The Kier molecular flexibility index (Phi) is 10.8. The Morgan fingerprint density at radius 3 is 1.60 bits per heavy atom. The molecular weight excluding hydrogens is 520 g/mol. The van der Waals surface area contributed by atoms with Gasteiger partial charge in [-0.2, -0.15) is 0 Å². The minimum atomic E-state index is -0.403. The Hall–Kier alpha value is -0.820. The molecule has 0 aromatic heterocycles. The summed E-state index contributed by atoms with van der Waals surface area (Å²) < 4.78 is 0. The van der Waals surface area contributed by atoms with Gasteiger partial charge in [0.05, 0.1) is 6.10 Å². The number of aliphatic hydroxyl groups is 1. The molecule has 0 heterocycles. The Labute approximate surface area is 270 Å². The summed E-state index contributed by atoms with van der Waals surface area (Å²) in [4.78, 5) is 0. The lowest BCUT2D eigenvalue weighted by atomic mass is 9.34. The minimum Gasteiger partial charge on any atom is -0.392 e. The Bertz CT molecular complexity index is 1050. The molecule has 1 radical (unpaired) electrons. The highest BCUT2D eigenvalue weighted by Crippen LogP contribution is 2.73. The molecule has 0 aliphatic heterocycles. The third kappa shape index (κ3) is 6.30. The number of benzene rings is 1. The highest BCUT2D eigenvalue weighted by Gasteiger charge is 2.68. The first kappa shape index (κ1) is 38.4. The number of hydrogen-bond donors (Lipinski definition) is 1. The van der Waals surface area contributed by atoms with Crippen LogP contribution in [0.2, 0.25) is 0 Å². The molecule has 1 aliphatic carbocycles. The molecule has 43 heavy (non-hydrogen) atoms. The van der Waals surface area contributed by atoms with Crippen molar-refractivity contribution in [3.8, 4) is 0 Å². The van der Waals surface area contributed by atoms with Crippen LogP contribution in [0.25, 0.3) is 0 Å². The summed E-state index contributed by atoms with van der Waals surface area (Å²) >= 11 is 0. The van der Waals surface area contributed by atoms with Crippen LogP contribution in [0, 0.1) is 44.5 Å². The maximum Gasteiger partial charge on any atom is 0.0640 e. The van der Waals surface area contributed by atoms with Gasteiger partial charge in [-0.3, -0.25) is 0 Å². The van der Waals surface area contributed by atoms with E-state index < -0.39 is 6.10 Å². The monoisotopic (exact) mass is 596 g/mol. The van der Waals surface area contributed by atoms with Crippen molar-refractivity contribution in [3.05, 3.63) is 34.9 Å². The van der Waals surface area contributed by atoms with Crippen LogP contribution in [0.3, 0.4) is 0 Å². The van der Waals surface area contributed by atoms with Gasteiger partial charge >= 0.3 is 0 Å². The first-order chi connectivity index (χ1) is 19.2. The molecule has 0 saturated heterocycles. The molecule has 0 spiro atoms. The largest absolute Gasteiger partial charge is 0.392 e. The van der Waals surface area contributed by atoms with E-state index in [1.54, 1.807) is 0 Å². The van der Waals surface area contributed by atoms with Crippen LogP contribution in [0.15, 0.2) is 12.1 Å². The molecule has 1 nitrogen and oxygen atoms in total. The van der Waals surface area contributed by atoms with Crippen LogP contribution in [0.1, 0.15) is 193 Å². The van der Waals surface area contributed by atoms with E-state index in [1.807, 2.05) is 0 Å². The van der Waals surface area contributed by atoms with Crippen molar-refractivity contribution in [1.29, 1.82) is 0 Å². The van der Waals surface area contributed by atoms with Crippen molar-refractivity contribution < 1.29 is 5.11 Å². The molecule has 1 heteroatoms. The van der Waals surface area contributed by atoms with E-state index in [1.165, 1.54) is 16.7 Å². The van der Waals surface area contributed by atoms with Crippen molar-refractivity contribution in [2.75, 3.05) is 0 Å². The zero-order chi connectivity index (χ0) is 33.8. The van der Waals surface area contributed by atoms with Gasteiger partial charge in [0, 0.05) is 5.41 Å². The van der Waals surface area contributed by atoms with Gasteiger partial charge < -0.3 is 5.11 Å². The summed E-state index contributed by atoms with van der Waals surface area (Å²) in [5.41, 5.74) is 4.09. The fraction of sp³-hybridized carbons (Fsp3) is 0.857. The smallest absolute Gasteiger partial charge is 0.0640 e. The van der Waals surface area contributed by atoms with Gasteiger partial charge in [0.25, 0.3) is 0 Å². The average molecular weight is 596 g/mol. The normalized spacial score (nSPS) is 27.3. The van der Waals surface area contributed by atoms with Crippen LogP contribution < -0.4 is 0 Å². The minimum absolute atomic E-state index is 0.0332. The number of aliphatic hydroxyl groups excluding tert-OH is 1. The van der Waals surface area contributed by atoms with Crippen molar-refractivity contribution in [3.63, 3.8) is 0 Å². The van der Waals surface area contributed by atoms with Gasteiger partial charge in [0.2, 0.25) is 0 Å². The second-order valence-electron chi connectivity index (χ2n) is 19.5. The predicted octanol–water partition coefficient (Wildman–Crippen LogP) is 12.7. The predicted molar refractivity (Wildman–Crippen MR) is 191 cm³/mol. The van der Waals surface area contributed by atoms with E-state index in [0.717, 1.165) is 38.5 Å². The van der Waals surface area contributed by atoms with Crippen molar-refractivity contribution >= 4 is 0 Å². The first-order valence-corrected chi connectivity index (χ1v) is 17.9. The SMILES string of the molecule is CCC(C)(C)c1[c]c(C(C)C2CC(C(C)(C)C)(C(C)(C)CC)CC(C(C)(C)C)(C(C)(C)CC)C2O)cc(C(C)(C)CC)c1. The quantitative estimate of drug-likeness (QED) is 0.285. The molecule has 1 fully saturated rings. The van der Waals surface area contributed by atoms with Crippen molar-refractivity contribution in [1.82, 2.24) is 0 Å². The third-order valence-electron chi connectivity index (χ3n) is 14.4. The molecule has 1 N–H and O–H groups in total. The summed E-state index contributed by atoms with van der Waals surface area (Å²) in [6, 6.07) is 8.93. The molecular formula is C42H75O. The van der Waals surface area contributed by atoms with Gasteiger partial charge in [-0.25, -0.2) is 0 Å². The number of hydrogen-bond acceptors (Lipinski definition) is 1. The van der Waals surface area contributed by atoms with Crippen LogP contribution in [-0.4, -0.2) is 11.2 Å². The highest BCUT2D eigenvalue weighted by molar-refractivity contribution is 5.39. The molecule has 1 saturated carbocycles. The fourth-order valence-corrected chi connectivity index (χ4v) is 9.32. The standard InChI is InChI=1S/C42H75O/c1-20-37(12,13)31-24-30(25-32(26-31)38(14,15)21-2)29(5)33-27-41(35(6,7)8,39(16,17)22-3)28-42(34(33)43,36(9,10)11)40(18,19)23-4/h24,26,29,33-34,43H,20-23,27-28H2,1-19H3. The van der Waals surface area contributed by atoms with E-state index >= 15 is 0 Å². The topological polar surface area (TPSA) is 20.2 Å².